The Kier molecular flexibility index (Phi) is 27.5. The number of ether oxygens (including phenoxy) is 3. The minimum atomic E-state index is 0.435. The second-order valence-electron chi connectivity index (χ2n) is 4.30. The van der Waals surface area contributed by atoms with E-state index in [9.17, 15) is 0 Å². The number of hydrogen-bond acceptors (Lipinski definition) is 3. The number of rotatable bonds is 6. The van der Waals surface area contributed by atoms with Gasteiger partial charge in [-0.15, -0.1) is 0 Å². The fourth-order valence-electron chi connectivity index (χ4n) is 0.704. The van der Waals surface area contributed by atoms with Crippen molar-refractivity contribution in [1.29, 1.82) is 0 Å². The largest absolute Gasteiger partial charge is 0.385 e. The van der Waals surface area contributed by atoms with Gasteiger partial charge in [0.1, 0.15) is 0 Å². The van der Waals surface area contributed by atoms with E-state index in [1.54, 1.807) is 21.3 Å². The van der Waals surface area contributed by atoms with Gasteiger partial charge >= 0.3 is 0 Å². The van der Waals surface area contributed by atoms with E-state index in [4.69, 9.17) is 14.2 Å². The second-order valence-corrected chi connectivity index (χ2v) is 4.30. The Bertz CT molecular complexity index is 99.6. The third kappa shape index (κ3) is 38.8. The van der Waals surface area contributed by atoms with Crippen molar-refractivity contribution in [2.24, 2.45) is 5.92 Å². The molecule has 0 heterocycles. The zero-order chi connectivity index (χ0) is 14.1. The van der Waals surface area contributed by atoms with Gasteiger partial charge in [-0.3, -0.25) is 0 Å². The minimum absolute atomic E-state index is 0.435. The average Bonchev–Trinajstić information content (AvgIpc) is 2.30. The van der Waals surface area contributed by atoms with E-state index < -0.39 is 0 Å². The topological polar surface area (TPSA) is 27.7 Å². The van der Waals surface area contributed by atoms with E-state index in [2.05, 4.69) is 34.6 Å². The van der Waals surface area contributed by atoms with Crippen LogP contribution in [0.4, 0.5) is 0 Å². The molecule has 0 aromatic rings. The summed E-state index contributed by atoms with van der Waals surface area (Å²) in [7, 11) is 5.16. The summed E-state index contributed by atoms with van der Waals surface area (Å²) in [6.07, 6.45) is 2.66. The molecule has 0 spiro atoms. The molecule has 0 amide bonds. The lowest BCUT2D eigenvalue weighted by Crippen LogP contribution is -2.00. The average molecular weight is 250 g/mol. The third-order valence-electron chi connectivity index (χ3n) is 1.89. The summed E-state index contributed by atoms with van der Waals surface area (Å²) in [6, 6.07) is 0. The Hall–Kier alpha value is -0.120. The van der Waals surface area contributed by atoms with Gasteiger partial charge in [0, 0.05) is 34.5 Å². The SMILES string of the molecule is CCC(C)OC.CCCOC.COCC(C)C. The number of hydrogen-bond donors (Lipinski definition) is 0. The van der Waals surface area contributed by atoms with Crippen LogP contribution in [0.1, 0.15) is 47.5 Å². The minimum Gasteiger partial charge on any atom is -0.385 e. The molecule has 1 unspecified atom stereocenters. The fourth-order valence-corrected chi connectivity index (χ4v) is 0.704. The molecule has 0 aliphatic rings. The maximum atomic E-state index is 4.90. The lowest BCUT2D eigenvalue weighted by molar-refractivity contribution is 0.115. The molecule has 0 radical (unpaired) electrons. The molecule has 17 heavy (non-hydrogen) atoms. The molecule has 0 N–H and O–H groups in total. The summed E-state index contributed by atoms with van der Waals surface area (Å²) in [6.45, 7) is 12.3. The van der Waals surface area contributed by atoms with Gasteiger partial charge in [-0.25, -0.2) is 0 Å². The quantitative estimate of drug-likeness (QED) is 0.718. The van der Waals surface area contributed by atoms with Gasteiger partial charge in [0.25, 0.3) is 0 Å². The molecule has 0 bridgehead atoms. The zero-order valence-corrected chi connectivity index (χ0v) is 13.2. The van der Waals surface area contributed by atoms with Gasteiger partial charge in [0.15, 0.2) is 0 Å². The summed E-state index contributed by atoms with van der Waals surface area (Å²) in [4.78, 5) is 0. The molecule has 1 atom stereocenters. The van der Waals surface area contributed by atoms with Crippen LogP contribution < -0.4 is 0 Å². The highest BCUT2D eigenvalue weighted by Crippen LogP contribution is 1.90. The van der Waals surface area contributed by atoms with Crippen LogP contribution in [-0.4, -0.2) is 40.6 Å². The molecule has 0 aliphatic heterocycles. The maximum Gasteiger partial charge on any atom is 0.0540 e. The molecule has 0 aliphatic carbocycles. The van der Waals surface area contributed by atoms with Crippen molar-refractivity contribution >= 4 is 0 Å². The first kappa shape index (κ1) is 22.1. The molecular weight excluding hydrogens is 216 g/mol. The predicted molar refractivity (Wildman–Crippen MR) is 75.6 cm³/mol. The van der Waals surface area contributed by atoms with Crippen LogP contribution in [0, 0.1) is 5.92 Å². The van der Waals surface area contributed by atoms with Crippen LogP contribution in [0.3, 0.4) is 0 Å². The summed E-state index contributed by atoms with van der Waals surface area (Å²) >= 11 is 0. The molecule has 0 fully saturated rings. The normalized spacial score (nSPS) is 11.1. The van der Waals surface area contributed by atoms with Crippen molar-refractivity contribution in [2.45, 2.75) is 53.6 Å². The highest BCUT2D eigenvalue weighted by Gasteiger charge is 1.88. The van der Waals surface area contributed by atoms with Crippen molar-refractivity contribution in [1.82, 2.24) is 0 Å². The molecule has 0 aromatic carbocycles. The van der Waals surface area contributed by atoms with E-state index in [-0.39, 0.29) is 0 Å². The van der Waals surface area contributed by atoms with Gasteiger partial charge in [-0.2, -0.15) is 0 Å². The standard InChI is InChI=1S/2C5H12O.C4H10O/c1-5(2)4-6-3;1-4-5(2)6-3;1-3-4-5-2/h2*5H,4H2,1-3H3;3-4H2,1-2H3. The third-order valence-corrected chi connectivity index (χ3v) is 1.89. The fraction of sp³-hybridized carbons (Fsp3) is 1.00. The molecular formula is C14H34O3. The molecule has 108 valence electrons. The molecule has 0 saturated carbocycles. The van der Waals surface area contributed by atoms with Gasteiger partial charge < -0.3 is 14.2 Å². The Morgan fingerprint density at radius 3 is 1.41 bits per heavy atom. The van der Waals surface area contributed by atoms with Crippen molar-refractivity contribution in [3.8, 4) is 0 Å². The Balaban J connectivity index is -0.000000174. The van der Waals surface area contributed by atoms with E-state index in [1.807, 2.05) is 0 Å². The Labute approximate surface area is 109 Å². The van der Waals surface area contributed by atoms with Crippen LogP contribution in [0.5, 0.6) is 0 Å². The highest BCUT2D eigenvalue weighted by atomic mass is 16.5. The van der Waals surface area contributed by atoms with Crippen molar-refractivity contribution in [2.75, 3.05) is 34.5 Å². The van der Waals surface area contributed by atoms with Crippen molar-refractivity contribution in [3.05, 3.63) is 0 Å². The van der Waals surface area contributed by atoms with Crippen molar-refractivity contribution < 1.29 is 14.2 Å². The van der Waals surface area contributed by atoms with Crippen molar-refractivity contribution in [3.63, 3.8) is 0 Å². The van der Waals surface area contributed by atoms with E-state index in [1.165, 1.54) is 0 Å². The van der Waals surface area contributed by atoms with E-state index >= 15 is 0 Å². The first-order chi connectivity index (χ1) is 7.99. The summed E-state index contributed by atoms with van der Waals surface area (Å²) in [5, 5.41) is 0. The van der Waals surface area contributed by atoms with Crippen LogP contribution in [0.2, 0.25) is 0 Å². The molecule has 0 saturated heterocycles. The van der Waals surface area contributed by atoms with E-state index in [0.29, 0.717) is 12.0 Å². The van der Waals surface area contributed by atoms with Gasteiger partial charge in [0.05, 0.1) is 6.10 Å². The first-order valence-electron chi connectivity index (χ1n) is 6.50. The van der Waals surface area contributed by atoms with E-state index in [0.717, 1.165) is 26.1 Å². The number of methoxy groups -OCH3 is 3. The van der Waals surface area contributed by atoms with Gasteiger partial charge in [-0.05, 0) is 25.7 Å². The molecule has 3 heteroatoms. The highest BCUT2D eigenvalue weighted by molar-refractivity contribution is 4.38. The van der Waals surface area contributed by atoms with Crippen LogP contribution in [0.25, 0.3) is 0 Å². The Morgan fingerprint density at radius 1 is 0.882 bits per heavy atom. The van der Waals surface area contributed by atoms with Crippen LogP contribution in [-0.2, 0) is 14.2 Å². The summed E-state index contributed by atoms with van der Waals surface area (Å²) in [5.74, 6) is 0.676. The smallest absolute Gasteiger partial charge is 0.0540 e. The predicted octanol–water partition coefficient (Wildman–Crippen LogP) is 3.76. The summed E-state index contributed by atoms with van der Waals surface area (Å²) < 4.78 is 14.4. The zero-order valence-electron chi connectivity index (χ0n) is 13.2. The molecule has 0 aromatic heterocycles. The first-order valence-corrected chi connectivity index (χ1v) is 6.50. The molecule has 3 nitrogen and oxygen atoms in total. The lowest BCUT2D eigenvalue weighted by atomic mass is 10.2. The lowest BCUT2D eigenvalue weighted by Gasteiger charge is -2.01. The summed E-state index contributed by atoms with van der Waals surface area (Å²) in [5.41, 5.74) is 0. The van der Waals surface area contributed by atoms with Gasteiger partial charge in [0.2, 0.25) is 0 Å². The second kappa shape index (κ2) is 21.2. The van der Waals surface area contributed by atoms with Crippen LogP contribution >= 0.6 is 0 Å². The van der Waals surface area contributed by atoms with Crippen LogP contribution in [0.15, 0.2) is 0 Å². The van der Waals surface area contributed by atoms with Gasteiger partial charge in [-0.1, -0.05) is 27.7 Å². The monoisotopic (exact) mass is 250 g/mol. The Morgan fingerprint density at radius 2 is 1.41 bits per heavy atom. The maximum absolute atomic E-state index is 4.90. The molecule has 0 rings (SSSR count).